The highest BCUT2D eigenvalue weighted by atomic mass is 32.1. The molecule has 1 unspecified atom stereocenters. The third-order valence-corrected chi connectivity index (χ3v) is 2.93. The van der Waals surface area contributed by atoms with Crippen molar-refractivity contribution in [2.45, 2.75) is 19.0 Å². The molecule has 1 aliphatic heterocycles. The molecule has 2 amide bonds. The summed E-state index contributed by atoms with van der Waals surface area (Å²) < 4.78 is 5.16. The smallest absolute Gasteiger partial charge is 0.315 e. The lowest BCUT2D eigenvalue weighted by Crippen LogP contribution is -2.41. The first-order chi connectivity index (χ1) is 7.34. The van der Waals surface area contributed by atoms with E-state index in [1.165, 1.54) is 11.3 Å². The molecule has 1 fully saturated rings. The van der Waals surface area contributed by atoms with Crippen LogP contribution in [0.2, 0.25) is 0 Å². The monoisotopic (exact) mass is 227 g/mol. The average Bonchev–Trinajstić information content (AvgIpc) is 2.86. The van der Waals surface area contributed by atoms with E-state index in [0.29, 0.717) is 13.2 Å². The van der Waals surface area contributed by atoms with Crippen molar-refractivity contribution >= 4 is 17.4 Å². The van der Waals surface area contributed by atoms with Gasteiger partial charge in [0.2, 0.25) is 0 Å². The van der Waals surface area contributed by atoms with Crippen LogP contribution < -0.4 is 10.6 Å². The Morgan fingerprint density at radius 1 is 1.73 bits per heavy atom. The maximum absolute atomic E-state index is 11.4. The lowest BCUT2D eigenvalue weighted by molar-refractivity contribution is 0.188. The summed E-state index contributed by atoms with van der Waals surface area (Å²) in [4.78, 5) is 15.5. The van der Waals surface area contributed by atoms with E-state index in [0.717, 1.165) is 18.0 Å². The predicted octanol–water partition coefficient (Wildman–Crippen LogP) is 0.731. The maximum Gasteiger partial charge on any atom is 0.315 e. The molecule has 2 rings (SSSR count). The molecule has 15 heavy (non-hydrogen) atoms. The second kappa shape index (κ2) is 5.09. The standard InChI is InChI=1S/C9H13N3O2S/c13-9(12-7-1-3-14-6-7)11-5-8-10-2-4-15-8/h2,4,7H,1,3,5-6H2,(H2,11,12,13). The molecule has 0 aromatic carbocycles. The molecule has 82 valence electrons. The van der Waals surface area contributed by atoms with E-state index < -0.39 is 0 Å². The van der Waals surface area contributed by atoms with Gasteiger partial charge in [0, 0.05) is 18.2 Å². The topological polar surface area (TPSA) is 63.2 Å². The molecule has 0 radical (unpaired) electrons. The Hall–Kier alpha value is -1.14. The average molecular weight is 227 g/mol. The second-order valence-electron chi connectivity index (χ2n) is 3.31. The maximum atomic E-state index is 11.4. The number of hydrogen-bond donors (Lipinski definition) is 2. The lowest BCUT2D eigenvalue weighted by atomic mass is 10.3. The van der Waals surface area contributed by atoms with E-state index in [2.05, 4.69) is 15.6 Å². The Balaban J connectivity index is 1.68. The second-order valence-corrected chi connectivity index (χ2v) is 4.29. The van der Waals surface area contributed by atoms with Gasteiger partial charge in [-0.25, -0.2) is 9.78 Å². The van der Waals surface area contributed by atoms with Crippen molar-refractivity contribution in [1.29, 1.82) is 0 Å². The van der Waals surface area contributed by atoms with Crippen molar-refractivity contribution < 1.29 is 9.53 Å². The molecule has 2 heterocycles. The Kier molecular flexibility index (Phi) is 3.52. The van der Waals surface area contributed by atoms with Crippen molar-refractivity contribution in [3.63, 3.8) is 0 Å². The van der Waals surface area contributed by atoms with Crippen LogP contribution >= 0.6 is 11.3 Å². The van der Waals surface area contributed by atoms with Crippen molar-refractivity contribution in [3.05, 3.63) is 16.6 Å². The molecule has 1 aromatic rings. The van der Waals surface area contributed by atoms with Crippen LogP contribution in [0.15, 0.2) is 11.6 Å². The number of amides is 2. The van der Waals surface area contributed by atoms with E-state index in [1.807, 2.05) is 5.38 Å². The van der Waals surface area contributed by atoms with Gasteiger partial charge in [-0.15, -0.1) is 11.3 Å². The SMILES string of the molecule is O=C(NCc1nccs1)NC1CCOC1. The number of thiazole rings is 1. The summed E-state index contributed by atoms with van der Waals surface area (Å²) in [5, 5.41) is 8.40. The Morgan fingerprint density at radius 2 is 2.67 bits per heavy atom. The van der Waals surface area contributed by atoms with Crippen LogP contribution in [0.25, 0.3) is 0 Å². The molecular formula is C9H13N3O2S. The van der Waals surface area contributed by atoms with Gasteiger partial charge in [-0.2, -0.15) is 0 Å². The van der Waals surface area contributed by atoms with Crippen molar-refractivity contribution in [2.75, 3.05) is 13.2 Å². The summed E-state index contributed by atoms with van der Waals surface area (Å²) in [5.74, 6) is 0. The van der Waals surface area contributed by atoms with Crippen LogP contribution in [0, 0.1) is 0 Å². The number of aromatic nitrogens is 1. The highest BCUT2D eigenvalue weighted by Crippen LogP contribution is 2.04. The zero-order valence-corrected chi connectivity index (χ0v) is 9.05. The molecule has 2 N–H and O–H groups in total. The van der Waals surface area contributed by atoms with E-state index in [1.54, 1.807) is 6.20 Å². The largest absolute Gasteiger partial charge is 0.379 e. The van der Waals surface area contributed by atoms with Gasteiger partial charge in [0.25, 0.3) is 0 Å². The highest BCUT2D eigenvalue weighted by molar-refractivity contribution is 7.09. The zero-order chi connectivity index (χ0) is 10.5. The van der Waals surface area contributed by atoms with Gasteiger partial charge in [0.1, 0.15) is 5.01 Å². The minimum absolute atomic E-state index is 0.152. The third kappa shape index (κ3) is 3.17. The predicted molar refractivity (Wildman–Crippen MR) is 56.7 cm³/mol. The summed E-state index contributed by atoms with van der Waals surface area (Å²) in [7, 11) is 0. The number of nitrogens with zero attached hydrogens (tertiary/aromatic N) is 1. The number of nitrogens with one attached hydrogen (secondary N) is 2. The summed E-state index contributed by atoms with van der Waals surface area (Å²) in [6.07, 6.45) is 2.62. The van der Waals surface area contributed by atoms with Crippen molar-refractivity contribution in [3.8, 4) is 0 Å². The summed E-state index contributed by atoms with van der Waals surface area (Å²) in [6.45, 7) is 1.83. The van der Waals surface area contributed by atoms with Crippen LogP contribution in [0.3, 0.4) is 0 Å². The number of ether oxygens (including phenoxy) is 1. The molecular weight excluding hydrogens is 214 g/mol. The van der Waals surface area contributed by atoms with Crippen LogP contribution in [-0.4, -0.2) is 30.3 Å². The number of urea groups is 1. The van der Waals surface area contributed by atoms with Crippen molar-refractivity contribution in [1.82, 2.24) is 15.6 Å². The van der Waals surface area contributed by atoms with Gasteiger partial charge < -0.3 is 15.4 Å². The van der Waals surface area contributed by atoms with Crippen LogP contribution in [0.5, 0.6) is 0 Å². The normalized spacial score (nSPS) is 20.1. The van der Waals surface area contributed by atoms with Gasteiger partial charge >= 0.3 is 6.03 Å². The molecule has 6 heteroatoms. The molecule has 1 aromatic heterocycles. The highest BCUT2D eigenvalue weighted by Gasteiger charge is 2.17. The van der Waals surface area contributed by atoms with Crippen LogP contribution in [-0.2, 0) is 11.3 Å². The molecule has 0 bridgehead atoms. The number of hydrogen-bond acceptors (Lipinski definition) is 4. The van der Waals surface area contributed by atoms with Crippen molar-refractivity contribution in [2.24, 2.45) is 0 Å². The minimum atomic E-state index is -0.152. The van der Waals surface area contributed by atoms with E-state index in [9.17, 15) is 4.79 Å². The Bertz CT molecular complexity index is 309. The molecule has 0 spiro atoms. The first-order valence-electron chi connectivity index (χ1n) is 4.85. The van der Waals surface area contributed by atoms with Gasteiger partial charge in [0.05, 0.1) is 19.2 Å². The Labute approximate surface area is 91.9 Å². The number of carbonyl (C=O) groups excluding carboxylic acids is 1. The minimum Gasteiger partial charge on any atom is -0.379 e. The number of rotatable bonds is 3. The van der Waals surface area contributed by atoms with Crippen LogP contribution in [0.1, 0.15) is 11.4 Å². The summed E-state index contributed by atoms with van der Waals surface area (Å²) in [6, 6.07) is 0.00185. The molecule has 1 aliphatic rings. The summed E-state index contributed by atoms with van der Waals surface area (Å²) >= 11 is 1.53. The zero-order valence-electron chi connectivity index (χ0n) is 8.23. The Morgan fingerprint density at radius 3 is 3.33 bits per heavy atom. The number of carbonyl (C=O) groups is 1. The van der Waals surface area contributed by atoms with Gasteiger partial charge in [0.15, 0.2) is 0 Å². The third-order valence-electron chi connectivity index (χ3n) is 2.15. The van der Waals surface area contributed by atoms with E-state index >= 15 is 0 Å². The summed E-state index contributed by atoms with van der Waals surface area (Å²) in [5.41, 5.74) is 0. The van der Waals surface area contributed by atoms with Gasteiger partial charge in [-0.3, -0.25) is 0 Å². The molecule has 1 atom stereocenters. The molecule has 0 aliphatic carbocycles. The quantitative estimate of drug-likeness (QED) is 0.800. The van der Waals surface area contributed by atoms with Gasteiger partial charge in [-0.1, -0.05) is 0 Å². The van der Waals surface area contributed by atoms with E-state index in [-0.39, 0.29) is 12.1 Å². The fraction of sp³-hybridized carbons (Fsp3) is 0.556. The fourth-order valence-corrected chi connectivity index (χ4v) is 1.94. The molecule has 0 saturated carbocycles. The van der Waals surface area contributed by atoms with Crippen LogP contribution in [0.4, 0.5) is 4.79 Å². The fourth-order valence-electron chi connectivity index (χ4n) is 1.38. The van der Waals surface area contributed by atoms with E-state index in [4.69, 9.17) is 4.74 Å². The van der Waals surface area contributed by atoms with Gasteiger partial charge in [-0.05, 0) is 6.42 Å². The first-order valence-corrected chi connectivity index (χ1v) is 5.73. The molecule has 5 nitrogen and oxygen atoms in total. The molecule has 1 saturated heterocycles. The lowest BCUT2D eigenvalue weighted by Gasteiger charge is -2.10. The first kappa shape index (κ1) is 10.4.